The van der Waals surface area contributed by atoms with Crippen molar-refractivity contribution in [2.75, 3.05) is 5.73 Å². The summed E-state index contributed by atoms with van der Waals surface area (Å²) >= 11 is 0. The van der Waals surface area contributed by atoms with Gasteiger partial charge in [-0.1, -0.05) is 0 Å². The van der Waals surface area contributed by atoms with Crippen molar-refractivity contribution in [2.24, 2.45) is 0 Å². The average Bonchev–Trinajstić information content (AvgIpc) is 2.79. The molecule has 5 nitrogen and oxygen atoms in total. The third-order valence-corrected chi connectivity index (χ3v) is 3.40. The summed E-state index contributed by atoms with van der Waals surface area (Å²) in [5.41, 5.74) is 7.58. The molecule has 3 heterocycles. The molecule has 4 rings (SSSR count). The van der Waals surface area contributed by atoms with Gasteiger partial charge < -0.3 is 10.7 Å². The van der Waals surface area contributed by atoms with E-state index in [0.29, 0.717) is 33.0 Å². The van der Waals surface area contributed by atoms with Gasteiger partial charge in [0.15, 0.2) is 0 Å². The van der Waals surface area contributed by atoms with E-state index in [1.54, 1.807) is 28.9 Å². The van der Waals surface area contributed by atoms with Crippen LogP contribution in [0.15, 0.2) is 41.3 Å². The Hall–Kier alpha value is -2.89. The fourth-order valence-corrected chi connectivity index (χ4v) is 2.54. The molecule has 0 spiro atoms. The van der Waals surface area contributed by atoms with E-state index in [4.69, 9.17) is 5.73 Å². The van der Waals surface area contributed by atoms with Gasteiger partial charge in [-0.2, -0.15) is 5.10 Å². The summed E-state index contributed by atoms with van der Waals surface area (Å²) in [6, 6.07) is 7.69. The first kappa shape index (κ1) is 11.0. The van der Waals surface area contributed by atoms with Crippen LogP contribution in [-0.4, -0.2) is 14.6 Å². The summed E-state index contributed by atoms with van der Waals surface area (Å²) in [7, 11) is 0. The third kappa shape index (κ3) is 1.30. The molecule has 0 saturated heterocycles. The predicted octanol–water partition coefficient (Wildman–Crippen LogP) is 2.05. The van der Waals surface area contributed by atoms with Gasteiger partial charge in [0, 0.05) is 11.6 Å². The number of nitrogens with zero attached hydrogens (tertiary/aromatic N) is 2. The molecular formula is C14H9FN4O. The van der Waals surface area contributed by atoms with Crippen LogP contribution in [0.1, 0.15) is 0 Å². The molecule has 3 N–H and O–H groups in total. The van der Waals surface area contributed by atoms with E-state index < -0.39 is 5.82 Å². The van der Waals surface area contributed by atoms with Gasteiger partial charge in [-0.3, -0.25) is 4.79 Å². The molecule has 0 aliphatic heterocycles. The Bertz CT molecular complexity index is 1050. The van der Waals surface area contributed by atoms with Crippen molar-refractivity contribution in [1.29, 1.82) is 0 Å². The molecule has 3 aromatic heterocycles. The number of benzene rings is 1. The number of hydrogen-bond donors (Lipinski definition) is 2. The summed E-state index contributed by atoms with van der Waals surface area (Å²) in [6.07, 6.45) is 1.72. The minimum Gasteiger partial charge on any atom is -0.397 e. The standard InChI is InChI=1S/C14H9FN4O/c15-7-3-4-8-10(6-7)17-14(20)11-12(8)18-19-5-1-2-9(16)13(11)19/h1-6H,16H2,(H,17,20). The SMILES string of the molecule is Nc1cccn2nc3c4ccc(F)cc4[nH]c(=O)c3c12. The van der Waals surface area contributed by atoms with Crippen molar-refractivity contribution >= 4 is 33.0 Å². The molecule has 0 fully saturated rings. The topological polar surface area (TPSA) is 76.2 Å². The number of H-pyrrole nitrogens is 1. The predicted molar refractivity (Wildman–Crippen MR) is 75.2 cm³/mol. The highest BCUT2D eigenvalue weighted by atomic mass is 19.1. The lowest BCUT2D eigenvalue weighted by Crippen LogP contribution is -2.06. The molecule has 0 atom stereocenters. The fourth-order valence-electron chi connectivity index (χ4n) is 2.54. The van der Waals surface area contributed by atoms with Crippen LogP contribution in [0.2, 0.25) is 0 Å². The summed E-state index contributed by atoms with van der Waals surface area (Å²) in [5.74, 6) is -0.407. The summed E-state index contributed by atoms with van der Waals surface area (Å²) < 4.78 is 14.8. The molecule has 0 unspecified atom stereocenters. The molecule has 0 bridgehead atoms. The second-order valence-corrected chi connectivity index (χ2v) is 4.62. The molecule has 0 aliphatic carbocycles. The second kappa shape index (κ2) is 3.57. The summed E-state index contributed by atoms with van der Waals surface area (Å²) in [6.45, 7) is 0. The maximum atomic E-state index is 13.3. The Balaban J connectivity index is 2.37. The molecular weight excluding hydrogens is 259 g/mol. The number of fused-ring (bicyclic) bond motifs is 5. The van der Waals surface area contributed by atoms with Gasteiger partial charge in [0.2, 0.25) is 0 Å². The zero-order valence-electron chi connectivity index (χ0n) is 10.2. The number of nitrogen functional groups attached to an aromatic ring is 1. The highest BCUT2D eigenvalue weighted by molar-refractivity contribution is 6.10. The normalized spacial score (nSPS) is 11.7. The fraction of sp³-hybridized carbons (Fsp3) is 0. The quantitative estimate of drug-likeness (QED) is 0.512. The van der Waals surface area contributed by atoms with Crippen LogP contribution >= 0.6 is 0 Å². The number of hydrogen-bond acceptors (Lipinski definition) is 3. The van der Waals surface area contributed by atoms with Gasteiger partial charge in [-0.25, -0.2) is 8.91 Å². The van der Waals surface area contributed by atoms with Gasteiger partial charge in [-0.15, -0.1) is 0 Å². The van der Waals surface area contributed by atoms with Gasteiger partial charge in [-0.05, 0) is 30.3 Å². The number of aromatic nitrogens is 3. The second-order valence-electron chi connectivity index (χ2n) is 4.62. The van der Waals surface area contributed by atoms with E-state index in [-0.39, 0.29) is 5.56 Å². The van der Waals surface area contributed by atoms with Crippen LogP contribution in [0.4, 0.5) is 10.1 Å². The number of aromatic amines is 1. The maximum absolute atomic E-state index is 13.3. The first-order valence-electron chi connectivity index (χ1n) is 6.03. The molecule has 98 valence electrons. The molecule has 0 amide bonds. The van der Waals surface area contributed by atoms with Gasteiger partial charge in [0.1, 0.15) is 16.9 Å². The lowest BCUT2D eigenvalue weighted by Gasteiger charge is -1.99. The zero-order chi connectivity index (χ0) is 13.9. The molecule has 0 aliphatic rings. The van der Waals surface area contributed by atoms with Crippen molar-refractivity contribution in [3.8, 4) is 0 Å². The smallest absolute Gasteiger partial charge is 0.260 e. The lowest BCUT2D eigenvalue weighted by atomic mass is 10.1. The van der Waals surface area contributed by atoms with Crippen LogP contribution in [0.25, 0.3) is 27.3 Å². The van der Waals surface area contributed by atoms with Crippen LogP contribution in [0.5, 0.6) is 0 Å². The molecule has 0 radical (unpaired) electrons. The minimum atomic E-state index is -0.407. The molecule has 4 aromatic rings. The number of nitrogens with two attached hydrogens (primary N) is 1. The number of nitrogens with one attached hydrogen (secondary N) is 1. The van der Waals surface area contributed by atoms with Gasteiger partial charge in [0.05, 0.1) is 16.6 Å². The molecule has 0 saturated carbocycles. The largest absolute Gasteiger partial charge is 0.397 e. The highest BCUT2D eigenvalue weighted by Gasteiger charge is 2.14. The van der Waals surface area contributed by atoms with Crippen LogP contribution in [0, 0.1) is 5.82 Å². The molecule has 1 aromatic carbocycles. The first-order valence-corrected chi connectivity index (χ1v) is 6.03. The van der Waals surface area contributed by atoms with E-state index in [1.165, 1.54) is 12.1 Å². The average molecular weight is 268 g/mol. The van der Waals surface area contributed by atoms with Gasteiger partial charge >= 0.3 is 0 Å². The van der Waals surface area contributed by atoms with E-state index in [0.717, 1.165) is 0 Å². The monoisotopic (exact) mass is 268 g/mol. The highest BCUT2D eigenvalue weighted by Crippen LogP contribution is 2.26. The van der Waals surface area contributed by atoms with E-state index >= 15 is 0 Å². The number of halogens is 1. The van der Waals surface area contributed by atoms with E-state index in [1.807, 2.05) is 0 Å². The van der Waals surface area contributed by atoms with Crippen molar-refractivity contribution < 1.29 is 4.39 Å². The molecule has 20 heavy (non-hydrogen) atoms. The van der Waals surface area contributed by atoms with E-state index in [2.05, 4.69) is 10.1 Å². The summed E-state index contributed by atoms with van der Waals surface area (Å²) in [5, 5.41) is 5.49. The van der Waals surface area contributed by atoms with Crippen LogP contribution in [-0.2, 0) is 0 Å². The Morgan fingerprint density at radius 3 is 3.00 bits per heavy atom. The van der Waals surface area contributed by atoms with Gasteiger partial charge in [0.25, 0.3) is 5.56 Å². The first-order chi connectivity index (χ1) is 9.65. The zero-order valence-corrected chi connectivity index (χ0v) is 10.2. The maximum Gasteiger partial charge on any atom is 0.260 e. The van der Waals surface area contributed by atoms with Crippen molar-refractivity contribution in [3.05, 3.63) is 52.7 Å². The Labute approximate surface area is 111 Å². The summed E-state index contributed by atoms with van der Waals surface area (Å²) in [4.78, 5) is 14.9. The van der Waals surface area contributed by atoms with Crippen molar-refractivity contribution in [3.63, 3.8) is 0 Å². The number of pyridine rings is 2. The van der Waals surface area contributed by atoms with E-state index in [9.17, 15) is 9.18 Å². The van der Waals surface area contributed by atoms with Crippen LogP contribution in [0.3, 0.4) is 0 Å². The Kier molecular flexibility index (Phi) is 1.96. The lowest BCUT2D eigenvalue weighted by molar-refractivity contribution is 0.629. The Morgan fingerprint density at radius 2 is 2.15 bits per heavy atom. The number of rotatable bonds is 0. The number of anilines is 1. The third-order valence-electron chi connectivity index (χ3n) is 3.40. The van der Waals surface area contributed by atoms with Crippen molar-refractivity contribution in [1.82, 2.24) is 14.6 Å². The minimum absolute atomic E-state index is 0.328. The van der Waals surface area contributed by atoms with Crippen molar-refractivity contribution in [2.45, 2.75) is 0 Å². The Morgan fingerprint density at radius 1 is 1.30 bits per heavy atom. The van der Waals surface area contributed by atoms with Crippen LogP contribution < -0.4 is 11.3 Å². The molecule has 6 heteroatoms.